The van der Waals surface area contributed by atoms with Crippen LogP contribution in [-0.2, 0) is 16.1 Å². The second kappa shape index (κ2) is 9.06. The molecule has 2 heterocycles. The van der Waals surface area contributed by atoms with Crippen LogP contribution in [0.5, 0.6) is 23.0 Å². The van der Waals surface area contributed by atoms with Gasteiger partial charge in [0.1, 0.15) is 17.3 Å². The van der Waals surface area contributed by atoms with E-state index < -0.39 is 17.7 Å². The standard InChI is InChI=1S/C27H23NO7/c1-32-18-10-8-17(9-11-18)24-23(25(29)19-5-3-4-6-20(19)33-2)26(30)27(31)28(24)14-16-7-12-21-22(13-16)35-15-34-21/h3-13,24,29H,14-15H2,1-2H3/b25-23+. The number of aliphatic hydroxyl groups is 1. The number of ether oxygens (including phenoxy) is 4. The van der Waals surface area contributed by atoms with Gasteiger partial charge in [-0.05, 0) is 47.5 Å². The molecule has 0 spiro atoms. The van der Waals surface area contributed by atoms with Crippen molar-refractivity contribution < 1.29 is 33.6 Å². The van der Waals surface area contributed by atoms with E-state index in [2.05, 4.69) is 0 Å². The topological polar surface area (TPSA) is 94.5 Å². The van der Waals surface area contributed by atoms with Crippen LogP contribution in [0.25, 0.3) is 5.76 Å². The van der Waals surface area contributed by atoms with Gasteiger partial charge in [-0.1, -0.05) is 30.3 Å². The van der Waals surface area contributed by atoms with Crippen LogP contribution in [-0.4, -0.2) is 42.7 Å². The Morgan fingerprint density at radius 2 is 1.71 bits per heavy atom. The Balaban J connectivity index is 1.63. The van der Waals surface area contributed by atoms with Gasteiger partial charge in [0.25, 0.3) is 11.7 Å². The van der Waals surface area contributed by atoms with E-state index in [1.54, 1.807) is 67.8 Å². The van der Waals surface area contributed by atoms with Crippen molar-refractivity contribution in [1.82, 2.24) is 4.90 Å². The Morgan fingerprint density at radius 1 is 0.971 bits per heavy atom. The fourth-order valence-corrected chi connectivity index (χ4v) is 4.40. The van der Waals surface area contributed by atoms with Crippen LogP contribution in [0.2, 0.25) is 0 Å². The monoisotopic (exact) mass is 473 g/mol. The Hall–Kier alpha value is -4.46. The van der Waals surface area contributed by atoms with Gasteiger partial charge < -0.3 is 29.0 Å². The summed E-state index contributed by atoms with van der Waals surface area (Å²) in [5.41, 5.74) is 1.73. The van der Waals surface area contributed by atoms with Crippen molar-refractivity contribution in [2.75, 3.05) is 21.0 Å². The number of benzene rings is 3. The highest BCUT2D eigenvalue weighted by atomic mass is 16.7. The van der Waals surface area contributed by atoms with Crippen molar-refractivity contribution in [2.45, 2.75) is 12.6 Å². The summed E-state index contributed by atoms with van der Waals surface area (Å²) >= 11 is 0. The lowest BCUT2D eigenvalue weighted by Crippen LogP contribution is -2.29. The number of methoxy groups -OCH3 is 2. The first-order valence-corrected chi connectivity index (χ1v) is 11.0. The summed E-state index contributed by atoms with van der Waals surface area (Å²) in [7, 11) is 3.04. The van der Waals surface area contributed by atoms with Gasteiger partial charge in [0.15, 0.2) is 11.5 Å². The zero-order chi connectivity index (χ0) is 24.5. The van der Waals surface area contributed by atoms with Gasteiger partial charge in [0.2, 0.25) is 6.79 Å². The molecule has 1 unspecified atom stereocenters. The SMILES string of the molecule is COc1ccc(C2/C(=C(\O)c3ccccc3OC)C(=O)C(=O)N2Cc2ccc3c(c2)OCO3)cc1. The number of hydrogen-bond donors (Lipinski definition) is 1. The van der Waals surface area contributed by atoms with Gasteiger partial charge in [0, 0.05) is 6.54 Å². The fourth-order valence-electron chi connectivity index (χ4n) is 4.40. The number of carbonyl (C=O) groups is 2. The van der Waals surface area contributed by atoms with Crippen molar-refractivity contribution in [2.24, 2.45) is 0 Å². The highest BCUT2D eigenvalue weighted by Gasteiger charge is 2.46. The molecule has 0 aromatic heterocycles. The Labute approximate surface area is 201 Å². The molecule has 1 atom stereocenters. The summed E-state index contributed by atoms with van der Waals surface area (Å²) in [6, 6.07) is 18.4. The molecular weight excluding hydrogens is 450 g/mol. The molecule has 178 valence electrons. The predicted octanol–water partition coefficient (Wildman–Crippen LogP) is 4.05. The lowest BCUT2D eigenvalue weighted by molar-refractivity contribution is -0.140. The normalized spacial score (nSPS) is 18.1. The molecule has 8 nitrogen and oxygen atoms in total. The molecule has 0 bridgehead atoms. The molecule has 3 aromatic rings. The minimum atomic E-state index is -0.823. The average molecular weight is 473 g/mol. The van der Waals surface area contributed by atoms with Gasteiger partial charge >= 0.3 is 0 Å². The number of Topliss-reactive ketones (excluding diaryl/α,β-unsaturated/α-hetero) is 1. The van der Waals surface area contributed by atoms with E-state index in [-0.39, 0.29) is 24.7 Å². The zero-order valence-electron chi connectivity index (χ0n) is 19.2. The van der Waals surface area contributed by atoms with E-state index in [0.29, 0.717) is 34.1 Å². The minimum Gasteiger partial charge on any atom is -0.507 e. The summed E-state index contributed by atoms with van der Waals surface area (Å²) in [4.78, 5) is 28.0. The Kier molecular flexibility index (Phi) is 5.78. The average Bonchev–Trinajstić information content (AvgIpc) is 3.46. The second-order valence-electron chi connectivity index (χ2n) is 8.09. The van der Waals surface area contributed by atoms with Crippen LogP contribution in [0.1, 0.15) is 22.7 Å². The smallest absolute Gasteiger partial charge is 0.295 e. The number of nitrogens with zero attached hydrogens (tertiary/aromatic N) is 1. The molecule has 3 aromatic carbocycles. The van der Waals surface area contributed by atoms with Gasteiger partial charge in [-0.15, -0.1) is 0 Å². The van der Waals surface area contributed by atoms with E-state index in [4.69, 9.17) is 18.9 Å². The number of rotatable bonds is 6. The van der Waals surface area contributed by atoms with Crippen LogP contribution in [0.4, 0.5) is 0 Å². The molecule has 1 saturated heterocycles. The molecule has 8 heteroatoms. The molecule has 0 radical (unpaired) electrons. The summed E-state index contributed by atoms with van der Waals surface area (Å²) < 4.78 is 21.5. The molecular formula is C27H23NO7. The number of fused-ring (bicyclic) bond motifs is 1. The summed E-state index contributed by atoms with van der Waals surface area (Å²) in [6.45, 7) is 0.259. The van der Waals surface area contributed by atoms with Crippen molar-refractivity contribution in [3.8, 4) is 23.0 Å². The summed E-state index contributed by atoms with van der Waals surface area (Å²) in [5.74, 6) is 0.448. The Morgan fingerprint density at radius 3 is 2.46 bits per heavy atom. The van der Waals surface area contributed by atoms with Crippen LogP contribution in [0, 0.1) is 0 Å². The number of ketones is 1. The molecule has 1 N–H and O–H groups in total. The lowest BCUT2D eigenvalue weighted by Gasteiger charge is -2.26. The first-order chi connectivity index (χ1) is 17.0. The van der Waals surface area contributed by atoms with E-state index in [9.17, 15) is 14.7 Å². The van der Waals surface area contributed by atoms with Gasteiger partial charge in [-0.25, -0.2) is 0 Å². The maximum Gasteiger partial charge on any atom is 0.295 e. The van der Waals surface area contributed by atoms with E-state index in [1.165, 1.54) is 12.0 Å². The number of para-hydroxylation sites is 1. The lowest BCUT2D eigenvalue weighted by atomic mass is 9.94. The quantitative estimate of drug-likeness (QED) is 0.328. The molecule has 5 rings (SSSR count). The van der Waals surface area contributed by atoms with Crippen LogP contribution in [0.3, 0.4) is 0 Å². The van der Waals surface area contributed by atoms with E-state index >= 15 is 0 Å². The molecule has 2 aliphatic rings. The summed E-state index contributed by atoms with van der Waals surface area (Å²) in [5, 5.41) is 11.3. The third-order valence-electron chi connectivity index (χ3n) is 6.12. The Bertz CT molecular complexity index is 1330. The molecule has 2 aliphatic heterocycles. The molecule has 0 saturated carbocycles. The van der Waals surface area contributed by atoms with Gasteiger partial charge in [-0.2, -0.15) is 0 Å². The van der Waals surface area contributed by atoms with Gasteiger partial charge in [0.05, 0.1) is 31.4 Å². The highest BCUT2D eigenvalue weighted by Crippen LogP contribution is 2.42. The number of aliphatic hydroxyl groups excluding tert-OH is 1. The predicted molar refractivity (Wildman–Crippen MR) is 126 cm³/mol. The fraction of sp³-hybridized carbons (Fsp3) is 0.185. The van der Waals surface area contributed by atoms with E-state index in [1.807, 2.05) is 6.07 Å². The number of hydrogen-bond acceptors (Lipinski definition) is 7. The van der Waals surface area contributed by atoms with Crippen molar-refractivity contribution in [1.29, 1.82) is 0 Å². The zero-order valence-corrected chi connectivity index (χ0v) is 19.2. The van der Waals surface area contributed by atoms with E-state index in [0.717, 1.165) is 5.56 Å². The minimum absolute atomic E-state index is 0.00888. The van der Waals surface area contributed by atoms with Crippen molar-refractivity contribution in [3.05, 3.63) is 89.0 Å². The van der Waals surface area contributed by atoms with Gasteiger partial charge in [-0.3, -0.25) is 9.59 Å². The first kappa shape index (κ1) is 22.3. The third kappa shape index (κ3) is 3.93. The molecule has 35 heavy (non-hydrogen) atoms. The number of likely N-dealkylation sites (tertiary alicyclic amines) is 1. The molecule has 1 fully saturated rings. The molecule has 0 aliphatic carbocycles. The maximum absolute atomic E-state index is 13.3. The van der Waals surface area contributed by atoms with Crippen molar-refractivity contribution in [3.63, 3.8) is 0 Å². The maximum atomic E-state index is 13.3. The van der Waals surface area contributed by atoms with Crippen molar-refractivity contribution >= 4 is 17.4 Å². The second-order valence-corrected chi connectivity index (χ2v) is 8.09. The molecule has 1 amide bonds. The third-order valence-corrected chi connectivity index (χ3v) is 6.12. The number of amides is 1. The highest BCUT2D eigenvalue weighted by molar-refractivity contribution is 6.46. The van der Waals surface area contributed by atoms with Crippen LogP contribution < -0.4 is 18.9 Å². The van der Waals surface area contributed by atoms with Crippen LogP contribution >= 0.6 is 0 Å². The largest absolute Gasteiger partial charge is 0.507 e. The van der Waals surface area contributed by atoms with Crippen LogP contribution in [0.15, 0.2) is 72.3 Å². The first-order valence-electron chi connectivity index (χ1n) is 11.0. The number of carbonyl (C=O) groups excluding carboxylic acids is 2. The summed E-state index contributed by atoms with van der Waals surface area (Å²) in [6.07, 6.45) is 0.